The Labute approximate surface area is 128 Å². The zero-order chi connectivity index (χ0) is 15.6. The number of carbonyl (C=O) groups excluding carboxylic acids is 1. The summed E-state index contributed by atoms with van der Waals surface area (Å²) in [6, 6.07) is 1.84. The summed E-state index contributed by atoms with van der Waals surface area (Å²) < 4.78 is 1.80. The molecule has 0 fully saturated rings. The van der Waals surface area contributed by atoms with Gasteiger partial charge >= 0.3 is 0 Å². The molecule has 2 rings (SSSR count). The molecule has 2 N–H and O–H groups in total. The number of rotatable bonds is 5. The fourth-order valence-corrected chi connectivity index (χ4v) is 2.51. The van der Waals surface area contributed by atoms with Crippen LogP contribution in [-0.2, 0) is 7.05 Å². The van der Waals surface area contributed by atoms with E-state index in [0.29, 0.717) is 12.2 Å². The molecule has 0 saturated heterocycles. The molecule has 5 nitrogen and oxygen atoms in total. The van der Waals surface area contributed by atoms with Gasteiger partial charge in [0.25, 0.3) is 5.91 Å². The zero-order valence-corrected chi connectivity index (χ0v) is 13.6. The van der Waals surface area contributed by atoms with Crippen molar-refractivity contribution in [2.24, 2.45) is 12.5 Å². The third kappa shape index (κ3) is 3.71. The Morgan fingerprint density at radius 1 is 1.52 bits per heavy atom. The molecule has 0 spiro atoms. The van der Waals surface area contributed by atoms with Gasteiger partial charge < -0.3 is 15.0 Å². The van der Waals surface area contributed by atoms with Crippen molar-refractivity contribution in [3.8, 4) is 11.3 Å². The van der Waals surface area contributed by atoms with Crippen LogP contribution in [0.2, 0.25) is 0 Å². The smallest absolute Gasteiger partial charge is 0.267 e. The van der Waals surface area contributed by atoms with Crippen molar-refractivity contribution in [1.29, 1.82) is 0 Å². The van der Waals surface area contributed by atoms with Crippen LogP contribution in [-0.4, -0.2) is 33.7 Å². The minimum absolute atomic E-state index is 0.0315. The molecule has 0 radical (unpaired) electrons. The zero-order valence-electron chi connectivity index (χ0n) is 12.8. The topological polar surface area (TPSA) is 67.2 Å². The maximum atomic E-state index is 12.2. The van der Waals surface area contributed by atoms with Crippen molar-refractivity contribution in [2.45, 2.75) is 20.8 Å². The van der Waals surface area contributed by atoms with Crippen molar-refractivity contribution in [3.05, 3.63) is 28.3 Å². The predicted molar refractivity (Wildman–Crippen MR) is 84.5 cm³/mol. The van der Waals surface area contributed by atoms with E-state index in [1.807, 2.05) is 45.5 Å². The first kappa shape index (κ1) is 15.7. The largest absolute Gasteiger partial charge is 0.396 e. The molecule has 0 bridgehead atoms. The predicted octanol–water partition coefficient (Wildman–Crippen LogP) is 2.21. The molecule has 0 aliphatic rings. The van der Waals surface area contributed by atoms with Gasteiger partial charge in [0, 0.05) is 42.8 Å². The Morgan fingerprint density at radius 3 is 2.81 bits per heavy atom. The van der Waals surface area contributed by atoms with Gasteiger partial charge in [-0.25, -0.2) is 4.98 Å². The number of nitrogens with one attached hydrogen (secondary N) is 1. The second-order valence-electron chi connectivity index (χ2n) is 5.98. The average Bonchev–Trinajstić information content (AvgIpc) is 3.02. The van der Waals surface area contributed by atoms with Crippen molar-refractivity contribution in [3.63, 3.8) is 0 Å². The van der Waals surface area contributed by atoms with Crippen LogP contribution in [0.5, 0.6) is 0 Å². The van der Waals surface area contributed by atoms with Crippen molar-refractivity contribution < 1.29 is 9.90 Å². The maximum absolute atomic E-state index is 12.2. The summed E-state index contributed by atoms with van der Waals surface area (Å²) in [5, 5.41) is 15.1. The highest BCUT2D eigenvalue weighted by Gasteiger charge is 2.20. The molecular formula is C15H21N3O2S. The van der Waals surface area contributed by atoms with E-state index in [9.17, 15) is 9.90 Å². The lowest BCUT2D eigenvalue weighted by molar-refractivity contribution is 0.0903. The molecule has 0 aliphatic heterocycles. The Bertz CT molecular complexity index is 643. The monoisotopic (exact) mass is 307 g/mol. The second kappa shape index (κ2) is 5.99. The van der Waals surface area contributed by atoms with Gasteiger partial charge in [0.05, 0.1) is 10.7 Å². The minimum Gasteiger partial charge on any atom is -0.396 e. The molecule has 2 aromatic heterocycles. The van der Waals surface area contributed by atoms with Gasteiger partial charge in [0.1, 0.15) is 5.69 Å². The lowest BCUT2D eigenvalue weighted by atomic mass is 9.95. The van der Waals surface area contributed by atoms with E-state index in [2.05, 4.69) is 10.3 Å². The molecule has 0 aromatic carbocycles. The van der Waals surface area contributed by atoms with E-state index in [1.54, 1.807) is 15.9 Å². The second-order valence-corrected chi connectivity index (χ2v) is 7.04. The summed E-state index contributed by atoms with van der Waals surface area (Å²) in [6.07, 6.45) is 1.90. The fourth-order valence-electron chi connectivity index (χ4n) is 1.89. The minimum atomic E-state index is -0.324. The third-order valence-corrected chi connectivity index (χ3v) is 4.08. The summed E-state index contributed by atoms with van der Waals surface area (Å²) in [6.45, 7) is 6.23. The van der Waals surface area contributed by atoms with Gasteiger partial charge in [0.15, 0.2) is 0 Å². The molecule has 2 aromatic rings. The summed E-state index contributed by atoms with van der Waals surface area (Å²) >= 11 is 1.59. The number of aryl methyl sites for hydroxylation is 2. The van der Waals surface area contributed by atoms with E-state index in [0.717, 1.165) is 16.3 Å². The number of hydrogen-bond acceptors (Lipinski definition) is 4. The Balaban J connectivity index is 2.14. The average molecular weight is 307 g/mol. The van der Waals surface area contributed by atoms with E-state index in [-0.39, 0.29) is 17.9 Å². The van der Waals surface area contributed by atoms with Crippen molar-refractivity contribution >= 4 is 17.2 Å². The highest BCUT2D eigenvalue weighted by molar-refractivity contribution is 7.09. The molecule has 2 heterocycles. The number of aliphatic hydroxyl groups excluding tert-OH is 1. The quantitative estimate of drug-likeness (QED) is 0.890. The summed E-state index contributed by atoms with van der Waals surface area (Å²) in [7, 11) is 1.84. The first-order valence-corrected chi connectivity index (χ1v) is 7.68. The SMILES string of the molecule is Cc1nc(-c2cc(C(=O)NCC(C)(C)CO)n(C)c2)cs1. The van der Waals surface area contributed by atoms with Crippen LogP contribution >= 0.6 is 11.3 Å². The molecule has 114 valence electrons. The number of aliphatic hydroxyl groups is 1. The fraction of sp³-hybridized carbons (Fsp3) is 0.467. The maximum Gasteiger partial charge on any atom is 0.267 e. The molecule has 0 unspecified atom stereocenters. The van der Waals surface area contributed by atoms with Gasteiger partial charge in [-0.2, -0.15) is 0 Å². The van der Waals surface area contributed by atoms with Gasteiger partial charge in [0.2, 0.25) is 0 Å². The van der Waals surface area contributed by atoms with Crippen LogP contribution in [0, 0.1) is 12.3 Å². The number of aromatic nitrogens is 2. The normalized spacial score (nSPS) is 11.7. The van der Waals surface area contributed by atoms with Crippen molar-refractivity contribution in [1.82, 2.24) is 14.9 Å². The summed E-state index contributed by atoms with van der Waals surface area (Å²) in [5.41, 5.74) is 2.09. The molecule has 6 heteroatoms. The number of hydrogen-bond donors (Lipinski definition) is 2. The van der Waals surface area contributed by atoms with Crippen LogP contribution in [0.4, 0.5) is 0 Å². The third-order valence-electron chi connectivity index (χ3n) is 3.31. The number of carbonyl (C=O) groups is 1. The lowest BCUT2D eigenvalue weighted by Gasteiger charge is -2.21. The first-order chi connectivity index (χ1) is 9.82. The van der Waals surface area contributed by atoms with Gasteiger partial charge in [-0.15, -0.1) is 11.3 Å². The first-order valence-electron chi connectivity index (χ1n) is 6.80. The molecule has 0 atom stereocenters. The highest BCUT2D eigenvalue weighted by atomic mass is 32.1. The number of amides is 1. The van der Waals surface area contributed by atoms with Crippen LogP contribution < -0.4 is 5.32 Å². The Morgan fingerprint density at radius 2 is 2.24 bits per heavy atom. The van der Waals surface area contributed by atoms with E-state index >= 15 is 0 Å². The summed E-state index contributed by atoms with van der Waals surface area (Å²) in [4.78, 5) is 16.7. The van der Waals surface area contributed by atoms with Gasteiger partial charge in [-0.05, 0) is 13.0 Å². The molecule has 0 saturated carbocycles. The molecule has 1 amide bonds. The van der Waals surface area contributed by atoms with Gasteiger partial charge in [-0.3, -0.25) is 4.79 Å². The Hall–Kier alpha value is -1.66. The highest BCUT2D eigenvalue weighted by Crippen LogP contribution is 2.23. The van der Waals surface area contributed by atoms with E-state index in [4.69, 9.17) is 0 Å². The molecule has 0 aliphatic carbocycles. The molecule has 21 heavy (non-hydrogen) atoms. The number of nitrogens with zero attached hydrogens (tertiary/aromatic N) is 2. The van der Waals surface area contributed by atoms with Crippen LogP contribution in [0.3, 0.4) is 0 Å². The molecular weight excluding hydrogens is 286 g/mol. The van der Waals surface area contributed by atoms with E-state index < -0.39 is 0 Å². The number of thiazole rings is 1. The Kier molecular flexibility index (Phi) is 4.49. The van der Waals surface area contributed by atoms with Gasteiger partial charge in [-0.1, -0.05) is 13.8 Å². The summed E-state index contributed by atoms with van der Waals surface area (Å²) in [5.74, 6) is -0.141. The lowest BCUT2D eigenvalue weighted by Crippen LogP contribution is -2.36. The standard InChI is InChI=1S/C15H21N3O2S/c1-10-17-12(7-21-10)11-5-13(18(4)6-11)14(20)16-8-15(2,3)9-19/h5-7,19H,8-9H2,1-4H3,(H,16,20). The van der Waals surface area contributed by atoms with Crippen LogP contribution in [0.15, 0.2) is 17.6 Å². The van der Waals surface area contributed by atoms with Crippen LogP contribution in [0.1, 0.15) is 29.3 Å². The van der Waals surface area contributed by atoms with E-state index in [1.165, 1.54) is 0 Å². The van der Waals surface area contributed by atoms with Crippen LogP contribution in [0.25, 0.3) is 11.3 Å². The van der Waals surface area contributed by atoms with Crippen molar-refractivity contribution in [2.75, 3.05) is 13.2 Å².